The maximum atomic E-state index is 2.44. The number of rotatable bonds is 2. The van der Waals surface area contributed by atoms with E-state index in [0.29, 0.717) is 0 Å². The Morgan fingerprint density at radius 2 is 1.06 bits per heavy atom. The lowest BCUT2D eigenvalue weighted by atomic mass is 9.90. The Balaban J connectivity index is 1.35. The topological polar surface area (TPSA) is 0 Å². The first-order valence-electron chi connectivity index (χ1n) is 11.6. The van der Waals surface area contributed by atoms with E-state index in [4.69, 9.17) is 0 Å². The Labute approximate surface area is 203 Å². The molecule has 2 heterocycles. The van der Waals surface area contributed by atoms with E-state index in [1.807, 2.05) is 22.7 Å². The van der Waals surface area contributed by atoms with Crippen molar-refractivity contribution in [2.75, 3.05) is 0 Å². The van der Waals surface area contributed by atoms with Crippen LogP contribution in [0, 0.1) is 20.8 Å². The Morgan fingerprint density at radius 3 is 1.58 bits per heavy atom. The first kappa shape index (κ1) is 19.5. The molecule has 0 fully saturated rings. The summed E-state index contributed by atoms with van der Waals surface area (Å²) in [6.07, 6.45) is 2.14. The molecular formula is C31H24S2. The lowest BCUT2D eigenvalue weighted by Crippen LogP contribution is -1.97. The summed E-state index contributed by atoms with van der Waals surface area (Å²) in [7, 11) is 0. The predicted molar refractivity (Wildman–Crippen MR) is 144 cm³/mol. The molecule has 2 heteroatoms. The van der Waals surface area contributed by atoms with Gasteiger partial charge in [0, 0.05) is 19.5 Å². The van der Waals surface area contributed by atoms with Gasteiger partial charge in [0.05, 0.1) is 0 Å². The summed E-state index contributed by atoms with van der Waals surface area (Å²) < 4.78 is 0. The minimum absolute atomic E-state index is 1.07. The van der Waals surface area contributed by atoms with E-state index in [0.717, 1.165) is 12.8 Å². The highest BCUT2D eigenvalue weighted by Gasteiger charge is 2.33. The number of hydrogen-bond donors (Lipinski definition) is 0. The van der Waals surface area contributed by atoms with Crippen molar-refractivity contribution in [3.05, 3.63) is 106 Å². The molecule has 0 nitrogen and oxygen atoms in total. The van der Waals surface area contributed by atoms with Crippen molar-refractivity contribution < 1.29 is 0 Å². The first-order chi connectivity index (χ1) is 16.1. The summed E-state index contributed by atoms with van der Waals surface area (Å²) in [5.74, 6) is 0. The molecular weight excluding hydrogens is 436 g/mol. The number of aryl methyl sites for hydroxylation is 1. The molecule has 0 saturated carbocycles. The van der Waals surface area contributed by atoms with Crippen LogP contribution >= 0.6 is 22.7 Å². The summed E-state index contributed by atoms with van der Waals surface area (Å²) in [6.45, 7) is 6.89. The average molecular weight is 461 g/mol. The van der Waals surface area contributed by atoms with Crippen LogP contribution in [0.15, 0.2) is 66.7 Å². The van der Waals surface area contributed by atoms with Crippen LogP contribution in [0.5, 0.6) is 0 Å². The maximum Gasteiger partial charge on any atom is 0.0390 e. The van der Waals surface area contributed by atoms with Gasteiger partial charge in [-0.2, -0.15) is 0 Å². The van der Waals surface area contributed by atoms with Crippen molar-refractivity contribution in [2.45, 2.75) is 33.6 Å². The van der Waals surface area contributed by atoms with Gasteiger partial charge in [0.1, 0.15) is 0 Å². The molecule has 5 aromatic rings. The molecule has 0 atom stereocenters. The minimum Gasteiger partial charge on any atom is -0.135 e. The van der Waals surface area contributed by atoms with E-state index in [2.05, 4.69) is 87.5 Å². The normalized spacial score (nSPS) is 13.1. The molecule has 7 rings (SSSR count). The Morgan fingerprint density at radius 1 is 0.576 bits per heavy atom. The third-order valence-electron chi connectivity index (χ3n) is 7.46. The van der Waals surface area contributed by atoms with Crippen LogP contribution in [0.3, 0.4) is 0 Å². The van der Waals surface area contributed by atoms with Crippen LogP contribution < -0.4 is 0 Å². The zero-order valence-corrected chi connectivity index (χ0v) is 20.7. The number of fused-ring (bicyclic) bond motifs is 6. The highest BCUT2D eigenvalue weighted by Crippen LogP contribution is 2.55. The van der Waals surface area contributed by atoms with Crippen LogP contribution in [-0.4, -0.2) is 0 Å². The van der Waals surface area contributed by atoms with Gasteiger partial charge in [0.25, 0.3) is 0 Å². The zero-order valence-electron chi connectivity index (χ0n) is 19.1. The van der Waals surface area contributed by atoms with E-state index >= 15 is 0 Å². The lowest BCUT2D eigenvalue weighted by molar-refractivity contribution is 1.17. The molecule has 0 saturated heterocycles. The summed E-state index contributed by atoms with van der Waals surface area (Å²) in [4.78, 5) is 5.80. The van der Waals surface area contributed by atoms with E-state index in [-0.39, 0.29) is 0 Å². The molecule has 2 aliphatic carbocycles. The second-order valence-electron chi connectivity index (χ2n) is 9.47. The van der Waals surface area contributed by atoms with Crippen LogP contribution in [-0.2, 0) is 12.8 Å². The zero-order chi connectivity index (χ0) is 22.3. The molecule has 0 bridgehead atoms. The summed E-state index contributed by atoms with van der Waals surface area (Å²) >= 11 is 3.96. The van der Waals surface area contributed by atoms with E-state index < -0.39 is 0 Å². The molecule has 2 aromatic heterocycles. The number of benzene rings is 3. The SMILES string of the molecule is Cc1ccc(-c2cc3c(s2)-c2c(C)c4c(c(C)c2C3)-c2sc(-c3ccccc3)cc2C4)cc1. The monoisotopic (exact) mass is 460 g/mol. The van der Waals surface area contributed by atoms with Gasteiger partial charge in [-0.05, 0) is 101 Å². The van der Waals surface area contributed by atoms with Gasteiger partial charge in [0.15, 0.2) is 0 Å². The summed E-state index contributed by atoms with van der Waals surface area (Å²) in [5.41, 5.74) is 16.2. The minimum atomic E-state index is 1.07. The Hall–Kier alpha value is -2.94. The van der Waals surface area contributed by atoms with Crippen molar-refractivity contribution in [1.82, 2.24) is 0 Å². The van der Waals surface area contributed by atoms with Crippen LogP contribution in [0.1, 0.15) is 38.9 Å². The number of hydrogen-bond acceptors (Lipinski definition) is 2. The van der Waals surface area contributed by atoms with Gasteiger partial charge in [-0.15, -0.1) is 22.7 Å². The molecule has 160 valence electrons. The predicted octanol–water partition coefficient (Wildman–Crippen LogP) is 9.21. The summed E-state index contributed by atoms with van der Waals surface area (Å²) in [5, 5.41) is 0. The fourth-order valence-electron chi connectivity index (χ4n) is 5.72. The molecule has 0 amide bonds. The van der Waals surface area contributed by atoms with Crippen LogP contribution in [0.25, 0.3) is 41.8 Å². The van der Waals surface area contributed by atoms with Crippen molar-refractivity contribution in [2.24, 2.45) is 0 Å². The van der Waals surface area contributed by atoms with Gasteiger partial charge >= 0.3 is 0 Å². The Bertz CT molecular complexity index is 1560. The van der Waals surface area contributed by atoms with Gasteiger partial charge in [-0.1, -0.05) is 60.2 Å². The third kappa shape index (κ3) is 2.81. The van der Waals surface area contributed by atoms with Crippen LogP contribution in [0.2, 0.25) is 0 Å². The Kier molecular flexibility index (Phi) is 4.16. The number of thiophene rings is 2. The van der Waals surface area contributed by atoms with E-state index in [1.54, 1.807) is 11.1 Å². The van der Waals surface area contributed by atoms with Gasteiger partial charge < -0.3 is 0 Å². The molecule has 2 aliphatic rings. The smallest absolute Gasteiger partial charge is 0.0390 e. The molecule has 0 radical (unpaired) electrons. The molecule has 0 unspecified atom stereocenters. The quantitative estimate of drug-likeness (QED) is 0.241. The highest BCUT2D eigenvalue weighted by molar-refractivity contribution is 7.19. The average Bonchev–Trinajstić information content (AvgIpc) is 3.57. The van der Waals surface area contributed by atoms with E-state index in [1.165, 1.54) is 69.6 Å². The van der Waals surface area contributed by atoms with Gasteiger partial charge in [-0.25, -0.2) is 0 Å². The summed E-state index contributed by atoms with van der Waals surface area (Å²) in [6, 6.07) is 24.7. The second kappa shape index (κ2) is 7.03. The highest BCUT2D eigenvalue weighted by atomic mass is 32.1. The molecule has 3 aromatic carbocycles. The van der Waals surface area contributed by atoms with Crippen LogP contribution in [0.4, 0.5) is 0 Å². The lowest BCUT2D eigenvalue weighted by Gasteiger charge is -2.16. The van der Waals surface area contributed by atoms with Gasteiger partial charge in [-0.3, -0.25) is 0 Å². The fourth-order valence-corrected chi connectivity index (χ4v) is 8.35. The van der Waals surface area contributed by atoms with Crippen molar-refractivity contribution in [3.8, 4) is 41.8 Å². The maximum absolute atomic E-state index is 2.44. The largest absolute Gasteiger partial charge is 0.135 e. The molecule has 0 aliphatic heterocycles. The molecule has 0 spiro atoms. The second-order valence-corrected chi connectivity index (χ2v) is 11.6. The van der Waals surface area contributed by atoms with Crippen molar-refractivity contribution in [1.29, 1.82) is 0 Å². The standard InChI is InChI=1S/C31H24S2/c1-17-9-11-21(12-10-17)27-16-23-14-25-18(2)28-24(19(3)29(25)31(23)33-27)13-22-15-26(32-30(22)28)20-7-5-4-6-8-20/h4-12,15-16H,13-14H2,1-3H3. The van der Waals surface area contributed by atoms with E-state index in [9.17, 15) is 0 Å². The first-order valence-corrected chi connectivity index (χ1v) is 13.3. The third-order valence-corrected chi connectivity index (χ3v) is 9.95. The van der Waals surface area contributed by atoms with Crippen molar-refractivity contribution in [3.63, 3.8) is 0 Å². The van der Waals surface area contributed by atoms with Gasteiger partial charge in [0.2, 0.25) is 0 Å². The van der Waals surface area contributed by atoms with Crippen molar-refractivity contribution >= 4 is 22.7 Å². The fraction of sp³-hybridized carbons (Fsp3) is 0.161. The molecule has 33 heavy (non-hydrogen) atoms. The molecule has 0 N–H and O–H groups in total.